The van der Waals surface area contributed by atoms with Gasteiger partial charge in [0.25, 0.3) is 0 Å². The van der Waals surface area contributed by atoms with Crippen LogP contribution in [0.3, 0.4) is 0 Å². The van der Waals surface area contributed by atoms with Crippen LogP contribution >= 0.6 is 22.6 Å². The maximum absolute atomic E-state index is 2.51. The van der Waals surface area contributed by atoms with E-state index in [0.717, 1.165) is 6.04 Å². The molecule has 0 aromatic heterocycles. The molecule has 0 heterocycles. The van der Waals surface area contributed by atoms with E-state index in [4.69, 9.17) is 0 Å². The van der Waals surface area contributed by atoms with E-state index in [-0.39, 0.29) is 0 Å². The Bertz CT molecular complexity index is 242. The highest BCUT2D eigenvalue weighted by Crippen LogP contribution is 2.16. The molecular formula is C23H48IN. The summed E-state index contributed by atoms with van der Waals surface area (Å²) in [6.07, 6.45) is 26.1. The van der Waals surface area contributed by atoms with Gasteiger partial charge in [0.15, 0.2) is 0 Å². The average Bonchev–Trinajstić information content (AvgIpc) is 2.60. The SMILES string of the molecule is CCCCCCCCCCCCCCCCCC(CCCI)N(C)C. The monoisotopic (exact) mass is 465 g/mol. The third-order valence-electron chi connectivity index (χ3n) is 5.54. The van der Waals surface area contributed by atoms with Crippen molar-refractivity contribution in [3.63, 3.8) is 0 Å². The van der Waals surface area contributed by atoms with Gasteiger partial charge in [-0.1, -0.05) is 126 Å². The molecule has 0 N–H and O–H groups in total. The molecule has 0 saturated heterocycles. The third-order valence-corrected chi connectivity index (χ3v) is 6.30. The molecule has 2 heteroatoms. The lowest BCUT2D eigenvalue weighted by molar-refractivity contribution is 0.256. The van der Waals surface area contributed by atoms with Gasteiger partial charge in [-0.2, -0.15) is 0 Å². The first-order valence-corrected chi connectivity index (χ1v) is 13.0. The summed E-state index contributed by atoms with van der Waals surface area (Å²) in [7, 11) is 4.51. The first kappa shape index (κ1) is 25.7. The summed E-state index contributed by atoms with van der Waals surface area (Å²) in [5, 5.41) is 0. The molecule has 0 fully saturated rings. The summed E-state index contributed by atoms with van der Waals surface area (Å²) in [6, 6.07) is 0.816. The Morgan fingerprint density at radius 2 is 0.920 bits per heavy atom. The number of alkyl halides is 1. The first-order chi connectivity index (χ1) is 12.2. The van der Waals surface area contributed by atoms with Gasteiger partial charge >= 0.3 is 0 Å². The van der Waals surface area contributed by atoms with Gasteiger partial charge in [0.2, 0.25) is 0 Å². The first-order valence-electron chi connectivity index (χ1n) is 11.4. The number of unbranched alkanes of at least 4 members (excludes halogenated alkanes) is 14. The van der Waals surface area contributed by atoms with Crippen LogP contribution in [0.2, 0.25) is 0 Å². The van der Waals surface area contributed by atoms with Crippen molar-refractivity contribution in [2.75, 3.05) is 18.5 Å². The Hall–Kier alpha value is 0.690. The van der Waals surface area contributed by atoms with Crippen LogP contribution in [-0.4, -0.2) is 29.5 Å². The van der Waals surface area contributed by atoms with E-state index >= 15 is 0 Å². The zero-order valence-electron chi connectivity index (χ0n) is 17.8. The van der Waals surface area contributed by atoms with Crippen LogP contribution in [0.1, 0.15) is 122 Å². The van der Waals surface area contributed by atoms with Crippen molar-refractivity contribution in [1.29, 1.82) is 0 Å². The minimum absolute atomic E-state index is 0.816. The molecule has 152 valence electrons. The highest BCUT2D eigenvalue weighted by molar-refractivity contribution is 14.1. The topological polar surface area (TPSA) is 3.24 Å². The van der Waals surface area contributed by atoms with Crippen molar-refractivity contribution < 1.29 is 0 Å². The summed E-state index contributed by atoms with van der Waals surface area (Å²) >= 11 is 2.51. The quantitative estimate of drug-likeness (QED) is 0.0991. The molecule has 0 saturated carbocycles. The number of nitrogens with zero attached hydrogens (tertiary/aromatic N) is 1. The highest BCUT2D eigenvalue weighted by Gasteiger charge is 2.09. The van der Waals surface area contributed by atoms with E-state index in [1.165, 1.54) is 120 Å². The molecular weight excluding hydrogens is 417 g/mol. The van der Waals surface area contributed by atoms with Crippen molar-refractivity contribution in [3.8, 4) is 0 Å². The third kappa shape index (κ3) is 19.3. The van der Waals surface area contributed by atoms with Crippen molar-refractivity contribution in [1.82, 2.24) is 4.90 Å². The van der Waals surface area contributed by atoms with Crippen LogP contribution < -0.4 is 0 Å². The van der Waals surface area contributed by atoms with Gasteiger partial charge in [0.1, 0.15) is 0 Å². The Morgan fingerprint density at radius 3 is 1.28 bits per heavy atom. The summed E-state index contributed by atoms with van der Waals surface area (Å²) in [5.41, 5.74) is 0. The van der Waals surface area contributed by atoms with Crippen LogP contribution in [0.15, 0.2) is 0 Å². The average molecular weight is 466 g/mol. The Morgan fingerprint density at radius 1 is 0.560 bits per heavy atom. The number of hydrogen-bond donors (Lipinski definition) is 0. The molecule has 1 atom stereocenters. The van der Waals surface area contributed by atoms with Gasteiger partial charge in [0.05, 0.1) is 0 Å². The van der Waals surface area contributed by atoms with Gasteiger partial charge in [-0.15, -0.1) is 0 Å². The lowest BCUT2D eigenvalue weighted by atomic mass is 10.0. The second kappa shape index (κ2) is 21.0. The Balaban J connectivity index is 3.22. The molecule has 1 nitrogen and oxygen atoms in total. The van der Waals surface area contributed by atoms with Gasteiger partial charge in [-0.05, 0) is 37.8 Å². The summed E-state index contributed by atoms with van der Waals surface area (Å²) in [5.74, 6) is 0. The van der Waals surface area contributed by atoms with Crippen molar-refractivity contribution in [2.45, 2.75) is 129 Å². The van der Waals surface area contributed by atoms with Crippen molar-refractivity contribution in [2.24, 2.45) is 0 Å². The van der Waals surface area contributed by atoms with Crippen LogP contribution in [0, 0.1) is 0 Å². The molecule has 0 radical (unpaired) electrons. The normalized spacial score (nSPS) is 12.8. The molecule has 0 aliphatic carbocycles. The van der Waals surface area contributed by atoms with E-state index in [0.29, 0.717) is 0 Å². The molecule has 0 spiro atoms. The second-order valence-corrected chi connectivity index (χ2v) is 9.27. The highest BCUT2D eigenvalue weighted by atomic mass is 127. The predicted octanol–water partition coefficient (Wildman–Crippen LogP) is 8.39. The largest absolute Gasteiger partial charge is 0.306 e. The van der Waals surface area contributed by atoms with E-state index < -0.39 is 0 Å². The molecule has 1 unspecified atom stereocenters. The zero-order chi connectivity index (χ0) is 18.6. The van der Waals surface area contributed by atoms with E-state index in [1.54, 1.807) is 0 Å². The maximum Gasteiger partial charge on any atom is 0.00894 e. The van der Waals surface area contributed by atoms with Crippen LogP contribution in [0.4, 0.5) is 0 Å². The second-order valence-electron chi connectivity index (χ2n) is 8.19. The molecule has 0 aromatic carbocycles. The fourth-order valence-electron chi connectivity index (χ4n) is 3.72. The van der Waals surface area contributed by atoms with Gasteiger partial charge in [-0.25, -0.2) is 0 Å². The molecule has 0 amide bonds. The number of rotatable bonds is 20. The Kier molecular flexibility index (Phi) is 21.6. The maximum atomic E-state index is 2.51. The summed E-state index contributed by atoms with van der Waals surface area (Å²) < 4.78 is 1.31. The lowest BCUT2D eigenvalue weighted by Crippen LogP contribution is -2.27. The minimum Gasteiger partial charge on any atom is -0.306 e. The summed E-state index contributed by atoms with van der Waals surface area (Å²) in [4.78, 5) is 2.44. The standard InChI is InChI=1S/C23H48IN/c1-4-5-6-7-8-9-10-11-12-13-14-15-16-17-18-20-23(25(2)3)21-19-22-24/h23H,4-22H2,1-3H3. The predicted molar refractivity (Wildman–Crippen MR) is 125 cm³/mol. The fourth-order valence-corrected chi connectivity index (χ4v) is 4.17. The van der Waals surface area contributed by atoms with Crippen LogP contribution in [0.5, 0.6) is 0 Å². The van der Waals surface area contributed by atoms with E-state index in [9.17, 15) is 0 Å². The van der Waals surface area contributed by atoms with Gasteiger partial charge in [-0.3, -0.25) is 0 Å². The molecule has 0 aromatic rings. The van der Waals surface area contributed by atoms with Crippen LogP contribution in [-0.2, 0) is 0 Å². The molecule has 0 aliphatic rings. The van der Waals surface area contributed by atoms with E-state index in [2.05, 4.69) is 48.5 Å². The summed E-state index contributed by atoms with van der Waals surface area (Å²) in [6.45, 7) is 2.30. The van der Waals surface area contributed by atoms with Crippen LogP contribution in [0.25, 0.3) is 0 Å². The molecule has 0 rings (SSSR count). The Labute approximate surface area is 174 Å². The van der Waals surface area contributed by atoms with Gasteiger partial charge < -0.3 is 4.90 Å². The molecule has 25 heavy (non-hydrogen) atoms. The lowest BCUT2D eigenvalue weighted by Gasteiger charge is -2.24. The van der Waals surface area contributed by atoms with E-state index in [1.807, 2.05) is 0 Å². The van der Waals surface area contributed by atoms with Crippen molar-refractivity contribution >= 4 is 22.6 Å². The minimum atomic E-state index is 0.816. The smallest absolute Gasteiger partial charge is 0.00894 e. The van der Waals surface area contributed by atoms with Gasteiger partial charge in [0, 0.05) is 6.04 Å². The zero-order valence-corrected chi connectivity index (χ0v) is 20.0. The van der Waals surface area contributed by atoms with Crippen molar-refractivity contribution in [3.05, 3.63) is 0 Å². The molecule has 0 aliphatic heterocycles. The number of halogens is 1. The fraction of sp³-hybridized carbons (Fsp3) is 1.00. The number of hydrogen-bond acceptors (Lipinski definition) is 1. The molecule has 0 bridgehead atoms.